The van der Waals surface area contributed by atoms with Crippen LogP contribution in [-0.2, 0) is 4.79 Å². The van der Waals surface area contributed by atoms with Gasteiger partial charge in [-0.2, -0.15) is 0 Å². The van der Waals surface area contributed by atoms with Gasteiger partial charge in [-0.25, -0.2) is 0 Å². The number of anilines is 1. The van der Waals surface area contributed by atoms with Crippen LogP contribution in [-0.4, -0.2) is 31.6 Å². The third-order valence-corrected chi connectivity index (χ3v) is 4.36. The van der Waals surface area contributed by atoms with Crippen LogP contribution in [0.4, 0.5) is 5.69 Å². The molecule has 1 amide bonds. The predicted molar refractivity (Wildman–Crippen MR) is 96.5 cm³/mol. The molecule has 0 radical (unpaired) electrons. The van der Waals surface area contributed by atoms with Crippen LogP contribution in [0.1, 0.15) is 18.4 Å². The second-order valence-electron chi connectivity index (χ2n) is 6.23. The van der Waals surface area contributed by atoms with E-state index >= 15 is 0 Å². The van der Waals surface area contributed by atoms with Crippen molar-refractivity contribution in [3.05, 3.63) is 60.2 Å². The number of ether oxygens (including phenoxy) is 1. The lowest BCUT2D eigenvalue weighted by atomic mass is 10.2. The molecule has 1 atom stereocenters. The number of carbonyl (C=O) groups is 1. The zero-order valence-corrected chi connectivity index (χ0v) is 14.1. The summed E-state index contributed by atoms with van der Waals surface area (Å²) in [5, 5.41) is 3.00. The van der Waals surface area contributed by atoms with Gasteiger partial charge in [0.25, 0.3) is 5.91 Å². The van der Waals surface area contributed by atoms with Crippen molar-refractivity contribution < 1.29 is 9.53 Å². The molecule has 1 saturated heterocycles. The lowest BCUT2D eigenvalue weighted by Crippen LogP contribution is -2.41. The molecule has 1 aliphatic heterocycles. The van der Waals surface area contributed by atoms with E-state index in [1.807, 2.05) is 37.3 Å². The van der Waals surface area contributed by atoms with Crippen LogP contribution in [0, 0.1) is 6.92 Å². The van der Waals surface area contributed by atoms with Crippen molar-refractivity contribution in [1.82, 2.24) is 5.32 Å². The van der Waals surface area contributed by atoms with Gasteiger partial charge in [-0.15, -0.1) is 0 Å². The fraction of sp³-hybridized carbons (Fsp3) is 0.350. The second kappa shape index (κ2) is 7.86. The average Bonchev–Trinajstić information content (AvgIpc) is 3.07. The Morgan fingerprint density at radius 2 is 2.04 bits per heavy atom. The molecular formula is C20H24N2O2. The summed E-state index contributed by atoms with van der Waals surface area (Å²) < 4.78 is 5.55. The summed E-state index contributed by atoms with van der Waals surface area (Å²) >= 11 is 0. The van der Waals surface area contributed by atoms with Gasteiger partial charge < -0.3 is 15.0 Å². The Morgan fingerprint density at radius 1 is 1.21 bits per heavy atom. The Labute approximate surface area is 143 Å². The van der Waals surface area contributed by atoms with Crippen molar-refractivity contribution >= 4 is 11.6 Å². The molecule has 1 heterocycles. The van der Waals surface area contributed by atoms with E-state index in [-0.39, 0.29) is 12.5 Å². The molecule has 24 heavy (non-hydrogen) atoms. The van der Waals surface area contributed by atoms with Crippen LogP contribution >= 0.6 is 0 Å². The van der Waals surface area contributed by atoms with E-state index in [1.54, 1.807) is 0 Å². The van der Waals surface area contributed by atoms with E-state index in [1.165, 1.54) is 5.69 Å². The zero-order chi connectivity index (χ0) is 16.8. The molecule has 0 aromatic heterocycles. The number of nitrogens with one attached hydrogen (secondary N) is 1. The van der Waals surface area contributed by atoms with Gasteiger partial charge in [0.15, 0.2) is 6.61 Å². The van der Waals surface area contributed by atoms with Gasteiger partial charge in [-0.1, -0.05) is 30.3 Å². The maximum absolute atomic E-state index is 12.0. The molecule has 126 valence electrons. The number of amides is 1. The van der Waals surface area contributed by atoms with Crippen molar-refractivity contribution in [3.8, 4) is 5.75 Å². The van der Waals surface area contributed by atoms with Gasteiger partial charge in [0.2, 0.25) is 0 Å². The maximum Gasteiger partial charge on any atom is 0.258 e. The highest BCUT2D eigenvalue weighted by molar-refractivity contribution is 5.77. The van der Waals surface area contributed by atoms with Crippen LogP contribution in [0.3, 0.4) is 0 Å². The molecule has 1 aliphatic rings. The minimum Gasteiger partial charge on any atom is -0.484 e. The fourth-order valence-electron chi connectivity index (χ4n) is 3.14. The molecule has 2 aromatic carbocycles. The maximum atomic E-state index is 12.0. The summed E-state index contributed by atoms with van der Waals surface area (Å²) in [4.78, 5) is 14.4. The van der Waals surface area contributed by atoms with Crippen LogP contribution in [0.25, 0.3) is 0 Å². The lowest BCUT2D eigenvalue weighted by Gasteiger charge is -2.27. The number of benzene rings is 2. The van der Waals surface area contributed by atoms with E-state index in [0.717, 1.165) is 30.7 Å². The van der Waals surface area contributed by atoms with Crippen molar-refractivity contribution in [2.24, 2.45) is 0 Å². The van der Waals surface area contributed by atoms with Crippen LogP contribution in [0.2, 0.25) is 0 Å². The quantitative estimate of drug-likeness (QED) is 0.887. The molecule has 4 heteroatoms. The van der Waals surface area contributed by atoms with Gasteiger partial charge >= 0.3 is 0 Å². The molecule has 1 N–H and O–H groups in total. The van der Waals surface area contributed by atoms with Crippen LogP contribution < -0.4 is 15.0 Å². The highest BCUT2D eigenvalue weighted by Gasteiger charge is 2.24. The molecule has 0 bridgehead atoms. The Balaban J connectivity index is 1.47. The van der Waals surface area contributed by atoms with Crippen LogP contribution in [0.15, 0.2) is 54.6 Å². The molecule has 0 saturated carbocycles. The normalized spacial score (nSPS) is 16.9. The number of nitrogens with zero attached hydrogens (tertiary/aromatic N) is 1. The second-order valence-corrected chi connectivity index (χ2v) is 6.23. The van der Waals surface area contributed by atoms with E-state index in [2.05, 4.69) is 34.5 Å². The third kappa shape index (κ3) is 4.28. The summed E-state index contributed by atoms with van der Waals surface area (Å²) in [5.41, 5.74) is 2.35. The van der Waals surface area contributed by atoms with E-state index in [9.17, 15) is 4.79 Å². The number of hydrogen-bond acceptors (Lipinski definition) is 3. The Kier molecular flexibility index (Phi) is 5.36. The summed E-state index contributed by atoms with van der Waals surface area (Å²) in [7, 11) is 0. The smallest absolute Gasteiger partial charge is 0.258 e. The van der Waals surface area contributed by atoms with Gasteiger partial charge in [0.1, 0.15) is 5.75 Å². The molecule has 1 fully saturated rings. The molecule has 0 spiro atoms. The summed E-state index contributed by atoms with van der Waals surface area (Å²) in [6.07, 6.45) is 2.27. The minimum atomic E-state index is -0.0728. The number of aryl methyl sites for hydroxylation is 1. The van der Waals surface area contributed by atoms with Gasteiger partial charge in [-0.3, -0.25) is 4.79 Å². The summed E-state index contributed by atoms with van der Waals surface area (Å²) in [6, 6.07) is 18.5. The number of hydrogen-bond donors (Lipinski definition) is 1. The Bertz CT molecular complexity index is 672. The lowest BCUT2D eigenvalue weighted by molar-refractivity contribution is -0.123. The number of rotatable bonds is 6. The molecule has 0 aliphatic carbocycles. The monoisotopic (exact) mass is 324 g/mol. The standard InChI is InChI=1S/C20H24N2O2/c1-16-7-5-11-19(13-16)24-15-20(23)21-14-18-10-6-12-22(18)17-8-3-2-4-9-17/h2-5,7-9,11,13,18H,6,10,12,14-15H2,1H3,(H,21,23). The summed E-state index contributed by atoms with van der Waals surface area (Å²) in [6.45, 7) is 3.77. The molecular weight excluding hydrogens is 300 g/mol. The molecule has 3 rings (SSSR count). The van der Waals surface area contributed by atoms with E-state index in [0.29, 0.717) is 12.6 Å². The van der Waals surface area contributed by atoms with Gasteiger partial charge in [0, 0.05) is 24.8 Å². The van der Waals surface area contributed by atoms with Crippen LogP contribution in [0.5, 0.6) is 5.75 Å². The van der Waals surface area contributed by atoms with Crippen molar-refractivity contribution in [2.45, 2.75) is 25.8 Å². The fourth-order valence-corrected chi connectivity index (χ4v) is 3.14. The van der Waals surface area contributed by atoms with E-state index in [4.69, 9.17) is 4.74 Å². The minimum absolute atomic E-state index is 0.0571. The van der Waals surface area contributed by atoms with E-state index < -0.39 is 0 Å². The first-order valence-electron chi connectivity index (χ1n) is 8.50. The highest BCUT2D eigenvalue weighted by Crippen LogP contribution is 2.24. The van der Waals surface area contributed by atoms with Gasteiger partial charge in [-0.05, 0) is 49.6 Å². The largest absolute Gasteiger partial charge is 0.484 e. The molecule has 4 nitrogen and oxygen atoms in total. The topological polar surface area (TPSA) is 41.6 Å². The van der Waals surface area contributed by atoms with Gasteiger partial charge in [0.05, 0.1) is 0 Å². The SMILES string of the molecule is Cc1cccc(OCC(=O)NCC2CCCN2c2ccccc2)c1. The Hall–Kier alpha value is -2.49. The third-order valence-electron chi connectivity index (χ3n) is 4.36. The molecule has 1 unspecified atom stereocenters. The first-order chi connectivity index (χ1) is 11.7. The zero-order valence-electron chi connectivity index (χ0n) is 14.1. The predicted octanol–water partition coefficient (Wildman–Crippen LogP) is 3.16. The summed E-state index contributed by atoms with van der Waals surface area (Å²) in [5.74, 6) is 0.661. The number of carbonyl (C=O) groups excluding carboxylic acids is 1. The van der Waals surface area contributed by atoms with Crippen molar-refractivity contribution in [3.63, 3.8) is 0 Å². The average molecular weight is 324 g/mol. The van der Waals surface area contributed by atoms with Crippen molar-refractivity contribution in [2.75, 3.05) is 24.6 Å². The highest BCUT2D eigenvalue weighted by atomic mass is 16.5. The van der Waals surface area contributed by atoms with Crippen molar-refractivity contribution in [1.29, 1.82) is 0 Å². The number of para-hydroxylation sites is 1. The first kappa shape index (κ1) is 16.4. The molecule has 2 aromatic rings. The Morgan fingerprint density at radius 3 is 2.83 bits per heavy atom. The first-order valence-corrected chi connectivity index (χ1v) is 8.50.